The fraction of sp³-hybridized carbons (Fsp3) is 0.316. The Hall–Kier alpha value is -1.89. The monoisotopic (exact) mass is 264 g/mol. The van der Waals surface area contributed by atoms with Crippen LogP contribution in [-0.2, 0) is 11.8 Å². The van der Waals surface area contributed by atoms with E-state index in [4.69, 9.17) is 0 Å². The number of aryl methyl sites for hydroxylation is 3. The second kappa shape index (κ2) is 4.59. The fourth-order valence-electron chi connectivity index (χ4n) is 3.14. The smallest absolute Gasteiger partial charge is 0.173 e. The lowest BCUT2D eigenvalue weighted by Gasteiger charge is -2.34. The number of hydrogen-bond donors (Lipinski definition) is 0. The third kappa shape index (κ3) is 1.98. The molecule has 3 rings (SSSR count). The lowest BCUT2D eigenvalue weighted by molar-refractivity contribution is 0.0875. The molecular weight excluding hydrogens is 244 g/mol. The van der Waals surface area contributed by atoms with E-state index in [2.05, 4.69) is 51.1 Å². The first kappa shape index (κ1) is 13.1. The summed E-state index contributed by atoms with van der Waals surface area (Å²) < 4.78 is 0. The number of Topliss-reactive ketones (excluding diaryl/α,β-unsaturated/α-hetero) is 1. The van der Waals surface area contributed by atoms with Crippen LogP contribution in [0.15, 0.2) is 42.5 Å². The number of carbonyl (C=O) groups excluding carboxylic acids is 1. The summed E-state index contributed by atoms with van der Waals surface area (Å²) in [6.45, 7) is 6.24. The largest absolute Gasteiger partial charge is 0.293 e. The molecule has 0 bridgehead atoms. The minimum Gasteiger partial charge on any atom is -0.293 e. The summed E-state index contributed by atoms with van der Waals surface area (Å²) >= 11 is 0. The molecule has 0 radical (unpaired) electrons. The minimum atomic E-state index is -0.379. The molecule has 20 heavy (non-hydrogen) atoms. The van der Waals surface area contributed by atoms with Crippen molar-refractivity contribution < 1.29 is 4.79 Å². The lowest BCUT2D eigenvalue weighted by atomic mass is 9.67. The predicted molar refractivity (Wildman–Crippen MR) is 82.4 cm³/mol. The summed E-state index contributed by atoms with van der Waals surface area (Å²) in [5.41, 5.74) is 5.34. The van der Waals surface area contributed by atoms with E-state index >= 15 is 0 Å². The SMILES string of the molecule is Cc1ccc(C2(C)CCc3cc(C)ccc3C2=O)cc1. The molecule has 1 aliphatic carbocycles. The molecular formula is C19H20O. The molecule has 1 nitrogen and oxygen atoms in total. The maximum Gasteiger partial charge on any atom is 0.173 e. The Morgan fingerprint density at radius 1 is 0.950 bits per heavy atom. The van der Waals surface area contributed by atoms with Crippen LogP contribution in [0.25, 0.3) is 0 Å². The van der Waals surface area contributed by atoms with Gasteiger partial charge in [-0.2, -0.15) is 0 Å². The summed E-state index contributed by atoms with van der Waals surface area (Å²) in [6, 6.07) is 14.6. The third-order valence-corrected chi connectivity index (χ3v) is 4.59. The van der Waals surface area contributed by atoms with E-state index < -0.39 is 0 Å². The molecule has 0 fully saturated rings. The Labute approximate surface area is 120 Å². The Bertz CT molecular complexity index is 667. The third-order valence-electron chi connectivity index (χ3n) is 4.59. The van der Waals surface area contributed by atoms with Gasteiger partial charge < -0.3 is 0 Å². The zero-order chi connectivity index (χ0) is 14.3. The van der Waals surface area contributed by atoms with Crippen molar-refractivity contribution in [2.75, 3.05) is 0 Å². The van der Waals surface area contributed by atoms with Gasteiger partial charge in [0.2, 0.25) is 0 Å². The second-order valence-electron chi connectivity index (χ2n) is 6.19. The fourth-order valence-corrected chi connectivity index (χ4v) is 3.14. The summed E-state index contributed by atoms with van der Waals surface area (Å²) in [7, 11) is 0. The molecule has 0 saturated heterocycles. The predicted octanol–water partition coefficient (Wildman–Crippen LogP) is 4.39. The maximum absolute atomic E-state index is 12.9. The summed E-state index contributed by atoms with van der Waals surface area (Å²) in [5.74, 6) is 0.266. The van der Waals surface area contributed by atoms with Crippen LogP contribution in [0.1, 0.15) is 46.0 Å². The first-order valence-corrected chi connectivity index (χ1v) is 7.22. The van der Waals surface area contributed by atoms with E-state index in [1.807, 2.05) is 12.1 Å². The van der Waals surface area contributed by atoms with Gasteiger partial charge in [0.25, 0.3) is 0 Å². The van der Waals surface area contributed by atoms with Crippen LogP contribution in [0.3, 0.4) is 0 Å². The van der Waals surface area contributed by atoms with Crippen LogP contribution >= 0.6 is 0 Å². The first-order chi connectivity index (χ1) is 9.50. The Morgan fingerprint density at radius 3 is 2.30 bits per heavy atom. The van der Waals surface area contributed by atoms with Crippen molar-refractivity contribution in [1.29, 1.82) is 0 Å². The highest BCUT2D eigenvalue weighted by Gasteiger charge is 2.39. The van der Waals surface area contributed by atoms with Crippen molar-refractivity contribution >= 4 is 5.78 Å². The van der Waals surface area contributed by atoms with Crippen LogP contribution in [-0.4, -0.2) is 5.78 Å². The molecule has 0 heterocycles. The van der Waals surface area contributed by atoms with E-state index in [1.165, 1.54) is 16.7 Å². The van der Waals surface area contributed by atoms with Gasteiger partial charge in [-0.15, -0.1) is 0 Å². The van der Waals surface area contributed by atoms with Gasteiger partial charge in [0.1, 0.15) is 0 Å². The minimum absolute atomic E-state index is 0.266. The van der Waals surface area contributed by atoms with Crippen LogP contribution in [0.2, 0.25) is 0 Å². The van der Waals surface area contributed by atoms with E-state index in [9.17, 15) is 4.79 Å². The van der Waals surface area contributed by atoms with Crippen molar-refractivity contribution in [2.24, 2.45) is 0 Å². The molecule has 1 aliphatic rings. The van der Waals surface area contributed by atoms with E-state index in [-0.39, 0.29) is 11.2 Å². The standard InChI is InChI=1S/C19H20O/c1-13-4-7-16(8-5-13)19(3)11-10-15-12-14(2)6-9-17(15)18(19)20/h4-9,12H,10-11H2,1-3H3. The van der Waals surface area contributed by atoms with E-state index in [0.717, 1.165) is 24.0 Å². The molecule has 102 valence electrons. The van der Waals surface area contributed by atoms with E-state index in [1.54, 1.807) is 0 Å². The van der Waals surface area contributed by atoms with Crippen LogP contribution in [0, 0.1) is 13.8 Å². The zero-order valence-corrected chi connectivity index (χ0v) is 12.4. The quantitative estimate of drug-likeness (QED) is 0.746. The molecule has 1 unspecified atom stereocenters. The van der Waals surface area contributed by atoms with Gasteiger partial charge in [0.05, 0.1) is 5.41 Å². The molecule has 2 aromatic carbocycles. The number of rotatable bonds is 1. The van der Waals surface area contributed by atoms with Crippen molar-refractivity contribution in [3.63, 3.8) is 0 Å². The van der Waals surface area contributed by atoms with Crippen LogP contribution in [0.5, 0.6) is 0 Å². The average molecular weight is 264 g/mol. The lowest BCUT2D eigenvalue weighted by Crippen LogP contribution is -2.37. The molecule has 2 aromatic rings. The normalized spacial score (nSPS) is 21.6. The number of benzene rings is 2. The van der Waals surface area contributed by atoms with Gasteiger partial charge in [-0.1, -0.05) is 53.6 Å². The summed E-state index contributed by atoms with van der Waals surface area (Å²) in [6.07, 6.45) is 1.87. The van der Waals surface area contributed by atoms with Crippen LogP contribution in [0.4, 0.5) is 0 Å². The van der Waals surface area contributed by atoms with Gasteiger partial charge in [-0.3, -0.25) is 4.79 Å². The maximum atomic E-state index is 12.9. The molecule has 0 spiro atoms. The van der Waals surface area contributed by atoms with Gasteiger partial charge in [-0.25, -0.2) is 0 Å². The first-order valence-electron chi connectivity index (χ1n) is 7.22. The average Bonchev–Trinajstić information content (AvgIpc) is 2.44. The second-order valence-corrected chi connectivity index (χ2v) is 6.19. The molecule has 0 N–H and O–H groups in total. The highest BCUT2D eigenvalue weighted by Crippen LogP contribution is 2.38. The van der Waals surface area contributed by atoms with E-state index in [0.29, 0.717) is 0 Å². The van der Waals surface area contributed by atoms with Crippen molar-refractivity contribution in [2.45, 2.75) is 39.0 Å². The summed E-state index contributed by atoms with van der Waals surface area (Å²) in [4.78, 5) is 12.9. The highest BCUT2D eigenvalue weighted by molar-refractivity contribution is 6.06. The topological polar surface area (TPSA) is 17.1 Å². The highest BCUT2D eigenvalue weighted by atomic mass is 16.1. The Kier molecular flexibility index (Phi) is 3.01. The molecule has 0 aliphatic heterocycles. The van der Waals surface area contributed by atoms with Gasteiger partial charge in [-0.05, 0) is 44.7 Å². The van der Waals surface area contributed by atoms with Crippen LogP contribution < -0.4 is 0 Å². The zero-order valence-electron chi connectivity index (χ0n) is 12.4. The van der Waals surface area contributed by atoms with Crippen molar-refractivity contribution in [1.82, 2.24) is 0 Å². The number of hydrogen-bond acceptors (Lipinski definition) is 1. The Morgan fingerprint density at radius 2 is 1.60 bits per heavy atom. The molecule has 0 amide bonds. The number of fused-ring (bicyclic) bond motifs is 1. The molecule has 1 atom stereocenters. The van der Waals surface area contributed by atoms with Gasteiger partial charge in [0.15, 0.2) is 5.78 Å². The van der Waals surface area contributed by atoms with Gasteiger partial charge in [0, 0.05) is 5.56 Å². The van der Waals surface area contributed by atoms with Gasteiger partial charge >= 0.3 is 0 Å². The molecule has 1 heteroatoms. The van der Waals surface area contributed by atoms with Crippen molar-refractivity contribution in [3.05, 3.63) is 70.3 Å². The Balaban J connectivity index is 2.06. The molecule has 0 aromatic heterocycles. The summed E-state index contributed by atoms with van der Waals surface area (Å²) in [5, 5.41) is 0. The molecule has 0 saturated carbocycles. The van der Waals surface area contributed by atoms with Crippen molar-refractivity contribution in [3.8, 4) is 0 Å². The number of carbonyl (C=O) groups is 1. The number of ketones is 1.